The Bertz CT molecular complexity index is 820. The zero-order valence-electron chi connectivity index (χ0n) is 21.1. The average Bonchev–Trinajstić information content (AvgIpc) is 2.87. The Hall–Kier alpha value is -2.49. The van der Waals surface area contributed by atoms with Crippen LogP contribution in [0.5, 0.6) is 17.2 Å². The number of unbranched alkanes of at least 4 members (excludes halogenated alkanes) is 2. The van der Waals surface area contributed by atoms with E-state index in [0.29, 0.717) is 17.9 Å². The van der Waals surface area contributed by atoms with Crippen molar-refractivity contribution in [3.8, 4) is 17.2 Å². The number of hydrogen-bond acceptors (Lipinski definition) is 4. The van der Waals surface area contributed by atoms with E-state index < -0.39 is 0 Å². The monoisotopic (exact) mass is 466 g/mol. The molecule has 0 atom stereocenters. The van der Waals surface area contributed by atoms with Crippen LogP contribution in [0, 0.1) is 11.8 Å². The maximum atomic E-state index is 12.4. The third-order valence-electron chi connectivity index (χ3n) is 6.83. The molecule has 0 N–H and O–H groups in total. The fraction of sp³-hybridized carbons (Fsp3) is 0.567. The molecule has 1 aliphatic rings. The molecule has 0 heterocycles. The second kappa shape index (κ2) is 14.7. The highest BCUT2D eigenvalue weighted by molar-refractivity contribution is 5.91. The first-order valence-corrected chi connectivity index (χ1v) is 13.4. The van der Waals surface area contributed by atoms with Crippen LogP contribution in [0.15, 0.2) is 48.5 Å². The molecule has 4 heteroatoms. The first-order valence-electron chi connectivity index (χ1n) is 13.4. The molecule has 34 heavy (non-hydrogen) atoms. The van der Waals surface area contributed by atoms with Crippen LogP contribution in [-0.4, -0.2) is 19.2 Å². The number of hydrogen-bond donors (Lipinski definition) is 0. The Labute approximate surface area is 206 Å². The Morgan fingerprint density at radius 3 is 1.79 bits per heavy atom. The Morgan fingerprint density at radius 1 is 0.676 bits per heavy atom. The van der Waals surface area contributed by atoms with E-state index in [1.807, 2.05) is 24.3 Å². The molecule has 0 saturated heterocycles. The summed E-state index contributed by atoms with van der Waals surface area (Å²) in [4.78, 5) is 12.4. The van der Waals surface area contributed by atoms with E-state index in [4.69, 9.17) is 14.2 Å². The summed E-state index contributed by atoms with van der Waals surface area (Å²) in [5.74, 6) is 3.58. The minimum Gasteiger partial charge on any atom is -0.494 e. The van der Waals surface area contributed by atoms with E-state index in [2.05, 4.69) is 13.8 Å². The van der Waals surface area contributed by atoms with Gasteiger partial charge < -0.3 is 14.2 Å². The minimum absolute atomic E-state index is 0.375. The zero-order valence-corrected chi connectivity index (χ0v) is 21.1. The van der Waals surface area contributed by atoms with Crippen LogP contribution in [-0.2, 0) is 0 Å². The van der Waals surface area contributed by atoms with E-state index in [1.54, 1.807) is 24.3 Å². The van der Waals surface area contributed by atoms with Crippen molar-refractivity contribution >= 4 is 5.97 Å². The summed E-state index contributed by atoms with van der Waals surface area (Å²) in [6.45, 7) is 5.90. The summed E-state index contributed by atoms with van der Waals surface area (Å²) in [7, 11) is 0. The Morgan fingerprint density at radius 2 is 1.21 bits per heavy atom. The standard InChI is InChI=1S/C30H42O4/c1-3-5-6-22-32-27-16-14-26(15-17-27)30(31)34-29-20-18-28(19-21-29)33-23-7-9-25-12-10-24(8-4-2)11-13-25/h14-21,24-25H,3-13,22-23H2,1-2H3. The summed E-state index contributed by atoms with van der Waals surface area (Å²) < 4.78 is 17.1. The highest BCUT2D eigenvalue weighted by atomic mass is 16.5. The number of benzene rings is 2. The van der Waals surface area contributed by atoms with Gasteiger partial charge in [0.2, 0.25) is 0 Å². The van der Waals surface area contributed by atoms with Gasteiger partial charge in [0, 0.05) is 0 Å². The van der Waals surface area contributed by atoms with Gasteiger partial charge in [-0.05, 0) is 79.6 Å². The molecule has 0 amide bonds. The topological polar surface area (TPSA) is 44.8 Å². The molecular weight excluding hydrogens is 424 g/mol. The van der Waals surface area contributed by atoms with Gasteiger partial charge in [0.15, 0.2) is 0 Å². The molecule has 3 rings (SSSR count). The molecule has 0 spiro atoms. The van der Waals surface area contributed by atoms with Gasteiger partial charge in [-0.3, -0.25) is 0 Å². The lowest BCUT2D eigenvalue weighted by Gasteiger charge is -2.28. The summed E-state index contributed by atoms with van der Waals surface area (Å²) in [6, 6.07) is 14.4. The maximum Gasteiger partial charge on any atom is 0.343 e. The van der Waals surface area contributed by atoms with Crippen LogP contribution in [0.1, 0.15) is 94.8 Å². The Balaban J connectivity index is 1.34. The third kappa shape index (κ3) is 9.04. The van der Waals surface area contributed by atoms with Gasteiger partial charge in [-0.25, -0.2) is 4.79 Å². The average molecular weight is 467 g/mol. The van der Waals surface area contributed by atoms with E-state index in [-0.39, 0.29) is 5.97 Å². The van der Waals surface area contributed by atoms with Crippen LogP contribution < -0.4 is 14.2 Å². The SMILES string of the molecule is CCCCCOc1ccc(C(=O)Oc2ccc(OCCCC3CCC(CCC)CC3)cc2)cc1. The predicted octanol–water partition coefficient (Wildman–Crippen LogP) is 8.24. The van der Waals surface area contributed by atoms with E-state index in [9.17, 15) is 4.79 Å². The first kappa shape index (κ1) is 26.1. The summed E-state index contributed by atoms with van der Waals surface area (Å²) in [5.41, 5.74) is 0.505. The number of esters is 1. The van der Waals surface area contributed by atoms with Crippen LogP contribution >= 0.6 is 0 Å². The number of rotatable bonds is 14. The predicted molar refractivity (Wildman–Crippen MR) is 138 cm³/mol. The summed E-state index contributed by atoms with van der Waals surface area (Å²) in [5, 5.41) is 0. The van der Waals surface area contributed by atoms with E-state index >= 15 is 0 Å². The first-order chi connectivity index (χ1) is 16.7. The van der Waals surface area contributed by atoms with Crippen molar-refractivity contribution in [3.63, 3.8) is 0 Å². The number of ether oxygens (including phenoxy) is 3. The van der Waals surface area contributed by atoms with E-state index in [1.165, 1.54) is 51.4 Å². The molecule has 2 aromatic carbocycles. The molecule has 4 nitrogen and oxygen atoms in total. The molecule has 2 aromatic rings. The van der Waals surface area contributed by atoms with Crippen LogP contribution in [0.3, 0.4) is 0 Å². The van der Waals surface area contributed by atoms with Gasteiger partial charge in [-0.1, -0.05) is 65.2 Å². The van der Waals surface area contributed by atoms with Gasteiger partial charge in [-0.2, -0.15) is 0 Å². The van der Waals surface area contributed by atoms with Crippen molar-refractivity contribution in [3.05, 3.63) is 54.1 Å². The smallest absolute Gasteiger partial charge is 0.343 e. The zero-order chi connectivity index (χ0) is 24.0. The molecule has 1 saturated carbocycles. The summed E-state index contributed by atoms with van der Waals surface area (Å²) in [6.07, 6.45) is 14.1. The minimum atomic E-state index is -0.375. The molecule has 0 bridgehead atoms. The lowest BCUT2D eigenvalue weighted by molar-refractivity contribution is 0.0734. The quantitative estimate of drug-likeness (QED) is 0.160. The maximum absolute atomic E-state index is 12.4. The van der Waals surface area contributed by atoms with Crippen molar-refractivity contribution < 1.29 is 19.0 Å². The number of carbonyl (C=O) groups excluding carboxylic acids is 1. The van der Waals surface area contributed by atoms with Crippen LogP contribution in [0.25, 0.3) is 0 Å². The van der Waals surface area contributed by atoms with E-state index in [0.717, 1.165) is 49.2 Å². The van der Waals surface area contributed by atoms with Crippen molar-refractivity contribution in [2.45, 2.75) is 84.5 Å². The second-order valence-corrected chi connectivity index (χ2v) is 9.61. The molecular formula is C30H42O4. The molecule has 1 fully saturated rings. The highest BCUT2D eigenvalue weighted by Crippen LogP contribution is 2.33. The van der Waals surface area contributed by atoms with Gasteiger partial charge >= 0.3 is 5.97 Å². The van der Waals surface area contributed by atoms with Crippen molar-refractivity contribution in [1.29, 1.82) is 0 Å². The molecule has 0 aromatic heterocycles. The largest absolute Gasteiger partial charge is 0.494 e. The highest BCUT2D eigenvalue weighted by Gasteiger charge is 2.20. The van der Waals surface area contributed by atoms with Gasteiger partial charge in [-0.15, -0.1) is 0 Å². The van der Waals surface area contributed by atoms with Gasteiger partial charge in [0.1, 0.15) is 17.2 Å². The van der Waals surface area contributed by atoms with Crippen LogP contribution in [0.2, 0.25) is 0 Å². The molecule has 1 aliphatic carbocycles. The molecule has 0 radical (unpaired) electrons. The lowest BCUT2D eigenvalue weighted by Crippen LogP contribution is -2.15. The second-order valence-electron chi connectivity index (χ2n) is 9.61. The fourth-order valence-electron chi connectivity index (χ4n) is 4.78. The lowest BCUT2D eigenvalue weighted by atomic mass is 9.78. The summed E-state index contributed by atoms with van der Waals surface area (Å²) >= 11 is 0. The third-order valence-corrected chi connectivity index (χ3v) is 6.83. The van der Waals surface area contributed by atoms with Crippen molar-refractivity contribution in [2.24, 2.45) is 11.8 Å². The number of carbonyl (C=O) groups is 1. The fourth-order valence-corrected chi connectivity index (χ4v) is 4.78. The molecule has 0 unspecified atom stereocenters. The van der Waals surface area contributed by atoms with Gasteiger partial charge in [0.25, 0.3) is 0 Å². The van der Waals surface area contributed by atoms with Crippen molar-refractivity contribution in [1.82, 2.24) is 0 Å². The van der Waals surface area contributed by atoms with Crippen molar-refractivity contribution in [2.75, 3.05) is 13.2 Å². The molecule has 186 valence electrons. The van der Waals surface area contributed by atoms with Gasteiger partial charge in [0.05, 0.1) is 18.8 Å². The van der Waals surface area contributed by atoms with Crippen LogP contribution in [0.4, 0.5) is 0 Å². The molecule has 0 aliphatic heterocycles. The Kier molecular flexibility index (Phi) is 11.3. The normalized spacial score (nSPS) is 17.8.